The van der Waals surface area contributed by atoms with E-state index >= 15 is 0 Å². The third-order valence-corrected chi connectivity index (χ3v) is 3.37. The molecule has 0 aliphatic carbocycles. The molecule has 2 N–H and O–H groups in total. The summed E-state index contributed by atoms with van der Waals surface area (Å²) < 4.78 is 18.0. The van der Waals surface area contributed by atoms with Crippen molar-refractivity contribution in [3.05, 3.63) is 59.9 Å². The van der Waals surface area contributed by atoms with Crippen LogP contribution < -0.4 is 15.5 Å². The highest BCUT2D eigenvalue weighted by Gasteiger charge is 2.04. The van der Waals surface area contributed by atoms with Crippen molar-refractivity contribution in [3.63, 3.8) is 0 Å². The standard InChI is InChI=1S/C18H20FN3O2/c1-3-17(13-4-6-14(19)7-5-13)21-22-18(23)12-20-15-8-10-16(24-2)11-9-15/h4-11,20H,3,12H2,1-2H3,(H,22,23)/b21-17+. The zero-order valence-electron chi connectivity index (χ0n) is 13.7. The van der Waals surface area contributed by atoms with Crippen molar-refractivity contribution in [1.29, 1.82) is 0 Å². The molecular weight excluding hydrogens is 309 g/mol. The van der Waals surface area contributed by atoms with Gasteiger partial charge in [0.05, 0.1) is 19.4 Å². The summed E-state index contributed by atoms with van der Waals surface area (Å²) >= 11 is 0. The van der Waals surface area contributed by atoms with E-state index in [1.54, 1.807) is 19.2 Å². The van der Waals surface area contributed by atoms with Crippen LogP contribution in [-0.2, 0) is 4.79 Å². The van der Waals surface area contributed by atoms with Gasteiger partial charge < -0.3 is 10.1 Å². The first-order valence-electron chi connectivity index (χ1n) is 7.61. The molecule has 2 rings (SSSR count). The maximum Gasteiger partial charge on any atom is 0.259 e. The number of nitrogens with zero attached hydrogens (tertiary/aromatic N) is 1. The number of halogens is 1. The molecule has 5 nitrogen and oxygen atoms in total. The molecule has 0 spiro atoms. The van der Waals surface area contributed by atoms with E-state index in [1.165, 1.54) is 12.1 Å². The van der Waals surface area contributed by atoms with Crippen LogP contribution in [0.1, 0.15) is 18.9 Å². The van der Waals surface area contributed by atoms with Gasteiger partial charge in [-0.2, -0.15) is 5.10 Å². The number of amides is 1. The summed E-state index contributed by atoms with van der Waals surface area (Å²) in [5, 5.41) is 7.11. The SMILES string of the molecule is CC/C(=N\NC(=O)CNc1ccc(OC)cc1)c1ccc(F)cc1. The van der Waals surface area contributed by atoms with Crippen LogP contribution in [0.25, 0.3) is 0 Å². The fourth-order valence-electron chi connectivity index (χ4n) is 2.05. The Kier molecular flexibility index (Phi) is 6.31. The van der Waals surface area contributed by atoms with Crippen molar-refractivity contribution >= 4 is 17.3 Å². The first-order chi connectivity index (χ1) is 11.6. The maximum atomic E-state index is 13.0. The lowest BCUT2D eigenvalue weighted by Crippen LogP contribution is -2.27. The Morgan fingerprint density at radius 1 is 1.12 bits per heavy atom. The molecule has 0 unspecified atom stereocenters. The minimum absolute atomic E-state index is 0.0935. The van der Waals surface area contributed by atoms with E-state index in [0.29, 0.717) is 12.1 Å². The number of ether oxygens (including phenoxy) is 1. The third-order valence-electron chi connectivity index (χ3n) is 3.37. The molecule has 0 saturated heterocycles. The molecule has 0 heterocycles. The van der Waals surface area contributed by atoms with Crippen LogP contribution >= 0.6 is 0 Å². The molecule has 0 saturated carbocycles. The molecule has 0 aromatic heterocycles. The van der Waals surface area contributed by atoms with Crippen LogP contribution in [0.2, 0.25) is 0 Å². The van der Waals surface area contributed by atoms with Crippen molar-refractivity contribution < 1.29 is 13.9 Å². The minimum Gasteiger partial charge on any atom is -0.497 e. The Balaban J connectivity index is 1.89. The molecule has 0 radical (unpaired) electrons. The summed E-state index contributed by atoms with van der Waals surface area (Å²) in [4.78, 5) is 11.9. The number of nitrogens with one attached hydrogen (secondary N) is 2. The van der Waals surface area contributed by atoms with Crippen molar-refractivity contribution in [1.82, 2.24) is 5.43 Å². The fraction of sp³-hybridized carbons (Fsp3) is 0.222. The van der Waals surface area contributed by atoms with Crippen LogP contribution in [0.4, 0.5) is 10.1 Å². The number of carbonyl (C=O) groups excluding carboxylic acids is 1. The number of hydrogen-bond acceptors (Lipinski definition) is 4. The van der Waals surface area contributed by atoms with Crippen LogP contribution in [0.5, 0.6) is 5.75 Å². The van der Waals surface area contributed by atoms with Gasteiger partial charge in [0, 0.05) is 5.69 Å². The van der Waals surface area contributed by atoms with Crippen molar-refractivity contribution in [2.45, 2.75) is 13.3 Å². The topological polar surface area (TPSA) is 62.7 Å². The van der Waals surface area contributed by atoms with E-state index in [9.17, 15) is 9.18 Å². The van der Waals surface area contributed by atoms with Crippen LogP contribution in [0, 0.1) is 5.82 Å². The Morgan fingerprint density at radius 3 is 2.38 bits per heavy atom. The predicted molar refractivity (Wildman–Crippen MR) is 92.9 cm³/mol. The number of benzene rings is 2. The van der Waals surface area contributed by atoms with Gasteiger partial charge in [0.15, 0.2) is 0 Å². The zero-order chi connectivity index (χ0) is 17.4. The zero-order valence-corrected chi connectivity index (χ0v) is 13.7. The predicted octanol–water partition coefficient (Wildman–Crippen LogP) is 3.18. The fourth-order valence-corrected chi connectivity index (χ4v) is 2.05. The summed E-state index contributed by atoms with van der Waals surface area (Å²) in [7, 11) is 1.60. The van der Waals surface area contributed by atoms with E-state index in [-0.39, 0.29) is 18.3 Å². The number of carbonyl (C=O) groups is 1. The van der Waals surface area contributed by atoms with Crippen LogP contribution in [0.3, 0.4) is 0 Å². The highest BCUT2D eigenvalue weighted by Crippen LogP contribution is 2.14. The molecule has 126 valence electrons. The molecule has 0 aliphatic rings. The summed E-state index contributed by atoms with van der Waals surface area (Å²) in [5.41, 5.74) is 4.78. The smallest absolute Gasteiger partial charge is 0.259 e. The first-order valence-corrected chi connectivity index (χ1v) is 7.61. The van der Waals surface area contributed by atoms with Gasteiger partial charge in [0.25, 0.3) is 5.91 Å². The molecule has 0 bridgehead atoms. The van der Waals surface area contributed by atoms with Crippen LogP contribution in [-0.4, -0.2) is 25.3 Å². The highest BCUT2D eigenvalue weighted by molar-refractivity contribution is 6.01. The largest absolute Gasteiger partial charge is 0.497 e. The average Bonchev–Trinajstić information content (AvgIpc) is 2.62. The van der Waals surface area contributed by atoms with E-state index in [0.717, 1.165) is 17.0 Å². The highest BCUT2D eigenvalue weighted by atomic mass is 19.1. The minimum atomic E-state index is -0.304. The second-order valence-corrected chi connectivity index (χ2v) is 5.04. The Hall–Kier alpha value is -2.89. The lowest BCUT2D eigenvalue weighted by molar-refractivity contribution is -0.119. The second kappa shape index (κ2) is 8.67. The van der Waals surface area contributed by atoms with Crippen LogP contribution in [0.15, 0.2) is 53.6 Å². The molecule has 1 amide bonds. The quantitative estimate of drug-likeness (QED) is 0.606. The molecule has 0 aliphatic heterocycles. The Labute approximate surface area is 140 Å². The molecule has 6 heteroatoms. The van der Waals surface area contributed by atoms with Gasteiger partial charge in [-0.3, -0.25) is 4.79 Å². The van der Waals surface area contributed by atoms with Gasteiger partial charge in [-0.15, -0.1) is 0 Å². The Morgan fingerprint density at radius 2 is 1.79 bits per heavy atom. The Bertz CT molecular complexity index is 697. The lowest BCUT2D eigenvalue weighted by Gasteiger charge is -2.08. The molecule has 2 aromatic carbocycles. The van der Waals surface area contributed by atoms with Crippen molar-refractivity contribution in [3.8, 4) is 5.75 Å². The molecule has 0 atom stereocenters. The summed E-state index contributed by atoms with van der Waals surface area (Å²) in [5.74, 6) is 0.183. The van der Waals surface area contributed by atoms with Gasteiger partial charge in [-0.1, -0.05) is 19.1 Å². The van der Waals surface area contributed by atoms with Gasteiger partial charge in [0.1, 0.15) is 11.6 Å². The lowest BCUT2D eigenvalue weighted by atomic mass is 10.1. The van der Waals surface area contributed by atoms with E-state index in [2.05, 4.69) is 15.8 Å². The van der Waals surface area contributed by atoms with Gasteiger partial charge in [0.2, 0.25) is 0 Å². The number of hydrogen-bond donors (Lipinski definition) is 2. The normalized spacial score (nSPS) is 11.0. The van der Waals surface area contributed by atoms with Crippen molar-refractivity contribution in [2.24, 2.45) is 5.10 Å². The van der Waals surface area contributed by atoms with Gasteiger partial charge >= 0.3 is 0 Å². The summed E-state index contributed by atoms with van der Waals surface area (Å²) in [6, 6.07) is 13.3. The van der Waals surface area contributed by atoms with Gasteiger partial charge in [-0.05, 0) is 48.4 Å². The first kappa shape index (κ1) is 17.5. The van der Waals surface area contributed by atoms with E-state index < -0.39 is 0 Å². The number of methoxy groups -OCH3 is 1. The van der Waals surface area contributed by atoms with E-state index in [4.69, 9.17) is 4.74 Å². The summed E-state index contributed by atoms with van der Waals surface area (Å²) in [6.07, 6.45) is 0.623. The summed E-state index contributed by atoms with van der Waals surface area (Å²) in [6.45, 7) is 2.01. The molecule has 24 heavy (non-hydrogen) atoms. The molecular formula is C18H20FN3O2. The van der Waals surface area contributed by atoms with E-state index in [1.807, 2.05) is 31.2 Å². The number of rotatable bonds is 7. The number of anilines is 1. The molecule has 0 fully saturated rings. The number of hydrazone groups is 1. The third kappa shape index (κ3) is 5.08. The van der Waals surface area contributed by atoms with Crippen molar-refractivity contribution in [2.75, 3.05) is 19.0 Å². The maximum absolute atomic E-state index is 13.0. The van der Waals surface area contributed by atoms with Gasteiger partial charge in [-0.25, -0.2) is 9.82 Å². The molecule has 2 aromatic rings. The average molecular weight is 329 g/mol. The second-order valence-electron chi connectivity index (χ2n) is 5.04. The monoisotopic (exact) mass is 329 g/mol.